The van der Waals surface area contributed by atoms with Crippen molar-refractivity contribution < 1.29 is 4.74 Å². The maximum atomic E-state index is 5.33. The second-order valence-electron chi connectivity index (χ2n) is 7.42. The molecule has 0 bridgehead atoms. The second kappa shape index (κ2) is 11.5. The molecule has 0 aliphatic carbocycles. The van der Waals surface area contributed by atoms with Gasteiger partial charge in [-0.15, -0.1) is 0 Å². The predicted molar refractivity (Wildman–Crippen MR) is 117 cm³/mol. The van der Waals surface area contributed by atoms with Crippen LogP contribution in [-0.4, -0.2) is 60.7 Å². The smallest absolute Gasteiger partial charge is 0.191 e. The highest BCUT2D eigenvalue weighted by molar-refractivity contribution is 5.79. The Labute approximate surface area is 174 Å². The Morgan fingerprint density at radius 1 is 1.17 bits per heavy atom. The second-order valence-corrected chi connectivity index (χ2v) is 7.42. The molecular weight excluding hydrogens is 364 g/mol. The van der Waals surface area contributed by atoms with Crippen molar-refractivity contribution in [2.24, 2.45) is 4.99 Å². The van der Waals surface area contributed by atoms with Gasteiger partial charge in [0.2, 0.25) is 0 Å². The van der Waals surface area contributed by atoms with Crippen LogP contribution in [0.3, 0.4) is 0 Å². The van der Waals surface area contributed by atoms with Crippen molar-refractivity contribution in [2.45, 2.75) is 38.3 Å². The van der Waals surface area contributed by atoms with Gasteiger partial charge < -0.3 is 19.9 Å². The van der Waals surface area contributed by atoms with Crippen LogP contribution >= 0.6 is 0 Å². The number of imidazole rings is 1. The lowest BCUT2D eigenvalue weighted by Gasteiger charge is -2.35. The van der Waals surface area contributed by atoms with Gasteiger partial charge in [-0.1, -0.05) is 18.6 Å². The van der Waals surface area contributed by atoms with Crippen LogP contribution in [0.25, 0.3) is 0 Å². The van der Waals surface area contributed by atoms with Crippen molar-refractivity contribution in [2.75, 3.05) is 40.3 Å². The molecule has 7 heteroatoms. The Bertz CT molecular complexity index is 722. The maximum Gasteiger partial charge on any atom is 0.191 e. The van der Waals surface area contributed by atoms with Gasteiger partial charge in [-0.25, -0.2) is 4.98 Å². The molecule has 2 aromatic rings. The van der Waals surface area contributed by atoms with Crippen molar-refractivity contribution in [3.05, 3.63) is 48.5 Å². The van der Waals surface area contributed by atoms with Crippen molar-refractivity contribution in [1.82, 2.24) is 25.1 Å². The number of aromatic nitrogens is 2. The van der Waals surface area contributed by atoms with Crippen molar-refractivity contribution in [3.63, 3.8) is 0 Å². The summed E-state index contributed by atoms with van der Waals surface area (Å²) in [6.45, 7) is 4.94. The first-order valence-electron chi connectivity index (χ1n) is 10.6. The van der Waals surface area contributed by atoms with Gasteiger partial charge in [0.1, 0.15) is 5.75 Å². The summed E-state index contributed by atoms with van der Waals surface area (Å²) < 4.78 is 7.42. The normalized spacial score (nSPS) is 16.4. The first-order chi connectivity index (χ1) is 14.3. The van der Waals surface area contributed by atoms with Crippen LogP contribution in [0.15, 0.2) is 48.0 Å². The number of ether oxygens (including phenoxy) is 1. The summed E-state index contributed by atoms with van der Waals surface area (Å²) in [4.78, 5) is 11.1. The number of hydrogen-bond donors (Lipinski definition) is 2. The van der Waals surface area contributed by atoms with Crippen LogP contribution < -0.4 is 15.4 Å². The number of nitrogens with zero attached hydrogens (tertiary/aromatic N) is 4. The largest absolute Gasteiger partial charge is 0.497 e. The first-order valence-corrected chi connectivity index (χ1v) is 10.6. The van der Waals surface area contributed by atoms with Crippen LogP contribution in [0.5, 0.6) is 5.75 Å². The molecule has 3 rings (SSSR count). The standard InChI is InChI=1S/C22H34N6O/c1-23-22(25-11-6-13-27-16-12-24-18-27)26-17-21(28-14-4-3-5-15-28)19-7-9-20(29-2)10-8-19/h7-10,12,16,18,21H,3-6,11,13-15,17H2,1-2H3,(H2,23,25,26). The van der Waals surface area contributed by atoms with E-state index in [4.69, 9.17) is 4.74 Å². The van der Waals surface area contributed by atoms with Crippen LogP contribution in [0, 0.1) is 0 Å². The molecule has 158 valence electrons. The summed E-state index contributed by atoms with van der Waals surface area (Å²) in [6.07, 6.45) is 10.6. The summed E-state index contributed by atoms with van der Waals surface area (Å²) in [7, 11) is 3.54. The zero-order chi connectivity index (χ0) is 20.3. The molecule has 1 aliphatic rings. The highest BCUT2D eigenvalue weighted by Crippen LogP contribution is 2.25. The summed E-state index contributed by atoms with van der Waals surface area (Å²) in [5.74, 6) is 1.75. The average Bonchev–Trinajstić information content (AvgIpc) is 3.30. The summed E-state index contributed by atoms with van der Waals surface area (Å²) >= 11 is 0. The van der Waals surface area contributed by atoms with Gasteiger partial charge in [-0.2, -0.15) is 0 Å². The molecule has 1 aromatic carbocycles. The Kier molecular flexibility index (Phi) is 8.37. The number of aryl methyl sites for hydroxylation is 1. The van der Waals surface area contributed by atoms with Gasteiger partial charge >= 0.3 is 0 Å². The van der Waals surface area contributed by atoms with Gasteiger partial charge in [-0.05, 0) is 50.0 Å². The number of methoxy groups -OCH3 is 1. The number of nitrogens with one attached hydrogen (secondary N) is 2. The highest BCUT2D eigenvalue weighted by Gasteiger charge is 2.22. The third kappa shape index (κ3) is 6.49. The van der Waals surface area contributed by atoms with Crippen LogP contribution in [0.4, 0.5) is 0 Å². The number of piperidine rings is 1. The van der Waals surface area contributed by atoms with Gasteiger partial charge in [-0.3, -0.25) is 9.89 Å². The fourth-order valence-electron chi connectivity index (χ4n) is 3.82. The number of likely N-dealkylation sites (tertiary alicyclic amines) is 1. The highest BCUT2D eigenvalue weighted by atomic mass is 16.5. The topological polar surface area (TPSA) is 66.7 Å². The zero-order valence-corrected chi connectivity index (χ0v) is 17.7. The summed E-state index contributed by atoms with van der Waals surface area (Å²) in [5, 5.41) is 6.96. The Morgan fingerprint density at radius 3 is 2.62 bits per heavy atom. The molecule has 0 spiro atoms. The molecule has 0 radical (unpaired) electrons. The maximum absolute atomic E-state index is 5.33. The minimum atomic E-state index is 0.325. The van der Waals surface area contributed by atoms with E-state index in [0.717, 1.165) is 50.9 Å². The quantitative estimate of drug-likeness (QED) is 0.386. The number of hydrogen-bond acceptors (Lipinski definition) is 4. The molecule has 1 aliphatic heterocycles. The molecule has 1 fully saturated rings. The van der Waals surface area contributed by atoms with E-state index in [1.807, 2.05) is 25.8 Å². The van der Waals surface area contributed by atoms with Crippen molar-refractivity contribution >= 4 is 5.96 Å². The molecule has 2 N–H and O–H groups in total. The molecule has 7 nitrogen and oxygen atoms in total. The molecule has 29 heavy (non-hydrogen) atoms. The van der Waals surface area contributed by atoms with Crippen molar-refractivity contribution in [3.8, 4) is 5.75 Å². The van der Waals surface area contributed by atoms with Crippen LogP contribution in [0.2, 0.25) is 0 Å². The number of guanidine groups is 1. The molecule has 1 saturated heterocycles. The van der Waals surface area contributed by atoms with Gasteiger partial charge in [0, 0.05) is 39.1 Å². The van der Waals surface area contributed by atoms with E-state index in [1.54, 1.807) is 7.11 Å². The monoisotopic (exact) mass is 398 g/mol. The molecule has 1 atom stereocenters. The summed E-state index contributed by atoms with van der Waals surface area (Å²) in [6, 6.07) is 8.79. The van der Waals surface area contributed by atoms with E-state index in [1.165, 1.54) is 24.8 Å². The fourth-order valence-corrected chi connectivity index (χ4v) is 3.82. The summed E-state index contributed by atoms with van der Waals surface area (Å²) in [5.41, 5.74) is 1.32. The minimum absolute atomic E-state index is 0.325. The Hall–Kier alpha value is -2.54. The molecule has 0 amide bonds. The van der Waals surface area contributed by atoms with Gasteiger partial charge in [0.15, 0.2) is 5.96 Å². The van der Waals surface area contributed by atoms with E-state index >= 15 is 0 Å². The van der Waals surface area contributed by atoms with E-state index in [2.05, 4.69) is 54.3 Å². The molecular formula is C22H34N6O. The first kappa shape index (κ1) is 21.2. The number of rotatable bonds is 9. The fraction of sp³-hybridized carbons (Fsp3) is 0.545. The van der Waals surface area contributed by atoms with Gasteiger partial charge in [0.05, 0.1) is 19.5 Å². The Morgan fingerprint density at radius 2 is 1.97 bits per heavy atom. The van der Waals surface area contributed by atoms with E-state index < -0.39 is 0 Å². The van der Waals surface area contributed by atoms with Gasteiger partial charge in [0.25, 0.3) is 0 Å². The van der Waals surface area contributed by atoms with E-state index in [0.29, 0.717) is 6.04 Å². The lowest BCUT2D eigenvalue weighted by atomic mass is 10.0. The predicted octanol–water partition coefficient (Wildman–Crippen LogP) is 2.67. The lowest BCUT2D eigenvalue weighted by molar-refractivity contribution is 0.164. The number of benzene rings is 1. The van der Waals surface area contributed by atoms with Crippen molar-refractivity contribution in [1.29, 1.82) is 0 Å². The van der Waals surface area contributed by atoms with E-state index in [9.17, 15) is 0 Å². The molecule has 1 aromatic heterocycles. The average molecular weight is 399 g/mol. The SMILES string of the molecule is CN=C(NCCCn1ccnc1)NCC(c1ccc(OC)cc1)N1CCCCC1. The Balaban J connectivity index is 1.54. The lowest BCUT2D eigenvalue weighted by Crippen LogP contribution is -2.44. The third-order valence-electron chi connectivity index (χ3n) is 5.46. The minimum Gasteiger partial charge on any atom is -0.497 e. The van der Waals surface area contributed by atoms with Crippen LogP contribution in [-0.2, 0) is 6.54 Å². The van der Waals surface area contributed by atoms with E-state index in [-0.39, 0.29) is 0 Å². The van der Waals surface area contributed by atoms with Crippen LogP contribution in [0.1, 0.15) is 37.3 Å². The molecule has 0 saturated carbocycles. The number of aliphatic imine (C=N–C) groups is 1. The zero-order valence-electron chi connectivity index (χ0n) is 17.7. The molecule has 1 unspecified atom stereocenters. The third-order valence-corrected chi connectivity index (χ3v) is 5.46. The molecule has 2 heterocycles.